The minimum Gasteiger partial charge on any atom is -0.297 e. The molecule has 2 aliphatic rings. The largest absolute Gasteiger partial charge is 0.297 e. The molecular formula is C7H11N3. The molecule has 2 heterocycles. The van der Waals surface area contributed by atoms with Crippen molar-refractivity contribution in [2.24, 2.45) is 10.9 Å². The lowest BCUT2D eigenvalue weighted by Gasteiger charge is -2.32. The van der Waals surface area contributed by atoms with Gasteiger partial charge in [-0.2, -0.15) is 0 Å². The molecule has 0 aliphatic carbocycles. The van der Waals surface area contributed by atoms with E-state index in [4.69, 9.17) is 0 Å². The number of aliphatic imine (C=N–C) groups is 1. The Bertz CT molecular complexity index is 128. The summed E-state index contributed by atoms with van der Waals surface area (Å²) in [6.07, 6.45) is 3.06. The predicted molar refractivity (Wildman–Crippen MR) is 39.6 cm³/mol. The monoisotopic (exact) mass is 137 g/mol. The maximum Gasteiger partial charge on any atom is 0.140 e. The number of hydrogen-bond acceptors (Lipinski definition) is 3. The second-order valence-electron chi connectivity index (χ2n) is 2.80. The number of nitrogens with one attached hydrogen (secondary N) is 2. The van der Waals surface area contributed by atoms with E-state index in [-0.39, 0.29) is 0 Å². The van der Waals surface area contributed by atoms with Crippen LogP contribution in [0.25, 0.3) is 0 Å². The molecule has 3 heteroatoms. The van der Waals surface area contributed by atoms with E-state index in [0.717, 1.165) is 19.5 Å². The Morgan fingerprint density at radius 3 is 3.50 bits per heavy atom. The zero-order valence-electron chi connectivity index (χ0n) is 5.80. The average molecular weight is 137 g/mol. The van der Waals surface area contributed by atoms with Gasteiger partial charge in [-0.3, -0.25) is 15.6 Å². The second kappa shape index (κ2) is 2.68. The summed E-state index contributed by atoms with van der Waals surface area (Å²) < 4.78 is 0. The summed E-state index contributed by atoms with van der Waals surface area (Å²) in [6.45, 7) is 4.91. The highest BCUT2D eigenvalue weighted by molar-refractivity contribution is 5.59. The summed E-state index contributed by atoms with van der Waals surface area (Å²) in [6, 6.07) is 0.582. The van der Waals surface area contributed by atoms with Gasteiger partial charge in [0, 0.05) is 31.3 Å². The highest BCUT2D eigenvalue weighted by Gasteiger charge is 2.25. The molecule has 54 valence electrons. The van der Waals surface area contributed by atoms with Gasteiger partial charge in [-0.25, -0.2) is 0 Å². The van der Waals surface area contributed by atoms with E-state index in [1.807, 2.05) is 6.21 Å². The zero-order valence-corrected chi connectivity index (χ0v) is 5.80. The minimum atomic E-state index is 0.582. The quantitative estimate of drug-likeness (QED) is 0.478. The Morgan fingerprint density at radius 1 is 1.60 bits per heavy atom. The van der Waals surface area contributed by atoms with Crippen LogP contribution in [0.2, 0.25) is 0 Å². The first-order chi connectivity index (χ1) is 4.97. The van der Waals surface area contributed by atoms with Crippen LogP contribution in [0.15, 0.2) is 4.99 Å². The van der Waals surface area contributed by atoms with Crippen LogP contribution in [-0.4, -0.2) is 25.3 Å². The van der Waals surface area contributed by atoms with E-state index in [0.29, 0.717) is 12.0 Å². The number of fused-ring (bicyclic) bond motifs is 1. The lowest BCUT2D eigenvalue weighted by Crippen LogP contribution is -2.50. The fourth-order valence-corrected chi connectivity index (χ4v) is 1.43. The summed E-state index contributed by atoms with van der Waals surface area (Å²) in [5, 5.41) is 6.22. The average Bonchev–Trinajstić information content (AvgIpc) is 2.05. The van der Waals surface area contributed by atoms with E-state index in [9.17, 15) is 0 Å². The molecular weight excluding hydrogens is 126 g/mol. The maximum atomic E-state index is 4.23. The molecule has 2 atom stereocenters. The van der Waals surface area contributed by atoms with Crippen molar-refractivity contribution in [3.63, 3.8) is 0 Å². The van der Waals surface area contributed by atoms with Crippen LogP contribution < -0.4 is 10.6 Å². The molecule has 1 saturated heterocycles. The van der Waals surface area contributed by atoms with Crippen molar-refractivity contribution in [1.82, 2.24) is 10.6 Å². The molecule has 2 unspecified atom stereocenters. The van der Waals surface area contributed by atoms with Crippen molar-refractivity contribution in [1.29, 1.82) is 0 Å². The molecule has 2 radical (unpaired) electrons. The van der Waals surface area contributed by atoms with Crippen molar-refractivity contribution >= 4 is 6.21 Å². The van der Waals surface area contributed by atoms with Crippen LogP contribution in [0.1, 0.15) is 6.42 Å². The van der Waals surface area contributed by atoms with Gasteiger partial charge >= 0.3 is 0 Å². The first-order valence-corrected chi connectivity index (χ1v) is 3.68. The SMILES string of the molecule is [C]1NCC2CN=CCC2N1. The lowest BCUT2D eigenvalue weighted by molar-refractivity contribution is 0.316. The molecule has 0 saturated carbocycles. The number of nitrogens with zero attached hydrogens (tertiary/aromatic N) is 1. The molecule has 2 N–H and O–H groups in total. The number of rotatable bonds is 0. The molecule has 1 fully saturated rings. The molecule has 10 heavy (non-hydrogen) atoms. The molecule has 0 amide bonds. The van der Waals surface area contributed by atoms with Gasteiger partial charge in [0.15, 0.2) is 0 Å². The lowest BCUT2D eigenvalue weighted by atomic mass is 9.94. The highest BCUT2D eigenvalue weighted by Crippen LogP contribution is 2.13. The van der Waals surface area contributed by atoms with Crippen LogP contribution in [0, 0.1) is 12.6 Å². The van der Waals surface area contributed by atoms with Crippen LogP contribution in [0.5, 0.6) is 0 Å². The third-order valence-electron chi connectivity index (χ3n) is 2.11. The summed E-state index contributed by atoms with van der Waals surface area (Å²) in [7, 11) is 0. The van der Waals surface area contributed by atoms with Crippen LogP contribution in [0.4, 0.5) is 0 Å². The van der Waals surface area contributed by atoms with Gasteiger partial charge in [-0.05, 0) is 6.42 Å². The van der Waals surface area contributed by atoms with Crippen molar-refractivity contribution in [3.8, 4) is 0 Å². The minimum absolute atomic E-state index is 0.582. The van der Waals surface area contributed by atoms with Crippen LogP contribution in [0.3, 0.4) is 0 Å². The van der Waals surface area contributed by atoms with Gasteiger partial charge in [0.25, 0.3) is 0 Å². The van der Waals surface area contributed by atoms with Crippen molar-refractivity contribution in [2.45, 2.75) is 12.5 Å². The van der Waals surface area contributed by atoms with E-state index < -0.39 is 0 Å². The molecule has 0 bridgehead atoms. The highest BCUT2D eigenvalue weighted by atomic mass is 15.1. The van der Waals surface area contributed by atoms with E-state index >= 15 is 0 Å². The van der Waals surface area contributed by atoms with Crippen molar-refractivity contribution < 1.29 is 0 Å². The Hall–Kier alpha value is -0.410. The van der Waals surface area contributed by atoms with E-state index in [1.165, 1.54) is 0 Å². The second-order valence-corrected chi connectivity index (χ2v) is 2.80. The van der Waals surface area contributed by atoms with Gasteiger partial charge in [0.2, 0.25) is 0 Å². The van der Waals surface area contributed by atoms with Crippen LogP contribution in [-0.2, 0) is 0 Å². The van der Waals surface area contributed by atoms with E-state index in [1.54, 1.807) is 0 Å². The van der Waals surface area contributed by atoms with Gasteiger partial charge in [0.1, 0.15) is 6.67 Å². The smallest absolute Gasteiger partial charge is 0.140 e. The maximum absolute atomic E-state index is 4.23. The standard InChI is InChI=1S/C7H11N3/c1-2-8-3-6-4-9-5-10-7(1)6/h2,6-7,9-10H,1,3-4H2. The van der Waals surface area contributed by atoms with Gasteiger partial charge in [-0.1, -0.05) is 0 Å². The molecule has 0 aromatic rings. The van der Waals surface area contributed by atoms with Crippen molar-refractivity contribution in [2.75, 3.05) is 13.1 Å². The number of hydrogen-bond donors (Lipinski definition) is 2. The Balaban J connectivity index is 2.01. The third kappa shape index (κ3) is 1.07. The Labute approximate surface area is 60.9 Å². The fourth-order valence-electron chi connectivity index (χ4n) is 1.43. The topological polar surface area (TPSA) is 36.4 Å². The van der Waals surface area contributed by atoms with Crippen LogP contribution >= 0.6 is 0 Å². The third-order valence-corrected chi connectivity index (χ3v) is 2.11. The summed E-state index contributed by atoms with van der Waals surface area (Å²) in [5.74, 6) is 0.672. The predicted octanol–water partition coefficient (Wildman–Crippen LogP) is -0.365. The normalized spacial score (nSPS) is 39.2. The first-order valence-electron chi connectivity index (χ1n) is 3.68. The van der Waals surface area contributed by atoms with Gasteiger partial charge < -0.3 is 0 Å². The van der Waals surface area contributed by atoms with E-state index in [2.05, 4.69) is 22.3 Å². The fraction of sp³-hybridized carbons (Fsp3) is 0.714. The molecule has 2 rings (SSSR count). The van der Waals surface area contributed by atoms with Gasteiger partial charge in [-0.15, -0.1) is 0 Å². The molecule has 2 aliphatic heterocycles. The summed E-state index contributed by atoms with van der Waals surface area (Å²) >= 11 is 0. The molecule has 0 aromatic heterocycles. The zero-order chi connectivity index (χ0) is 6.81. The molecule has 0 aromatic carbocycles. The van der Waals surface area contributed by atoms with Gasteiger partial charge in [0.05, 0.1) is 0 Å². The molecule has 0 spiro atoms. The summed E-state index contributed by atoms with van der Waals surface area (Å²) in [4.78, 5) is 4.23. The summed E-state index contributed by atoms with van der Waals surface area (Å²) in [5.41, 5.74) is 0. The molecule has 3 nitrogen and oxygen atoms in total. The first kappa shape index (κ1) is 6.31. The van der Waals surface area contributed by atoms with Crippen molar-refractivity contribution in [3.05, 3.63) is 6.67 Å². The Kier molecular flexibility index (Phi) is 1.69. The Morgan fingerprint density at radius 2 is 2.60 bits per heavy atom.